The SMILES string of the molecule is N#CCCCC(=O)NC1CCC(CCN2CCN(c3cc(F)c(F)cc3F)CC2)CC1. The van der Waals surface area contributed by atoms with Crippen molar-refractivity contribution in [2.24, 2.45) is 5.92 Å². The number of rotatable bonds is 8. The number of piperazine rings is 1. The van der Waals surface area contributed by atoms with Crippen molar-refractivity contribution < 1.29 is 18.0 Å². The smallest absolute Gasteiger partial charge is 0.220 e. The third-order valence-electron chi connectivity index (χ3n) is 6.46. The fourth-order valence-corrected chi connectivity index (χ4v) is 4.56. The quantitative estimate of drug-likeness (QED) is 0.495. The summed E-state index contributed by atoms with van der Waals surface area (Å²) in [7, 11) is 0. The topological polar surface area (TPSA) is 59.4 Å². The number of halogens is 3. The van der Waals surface area contributed by atoms with Crippen LogP contribution in [0.25, 0.3) is 0 Å². The standard InChI is InChI=1S/C23H31F3N4O/c24-19-15-21(26)22(16-20(19)25)30-13-11-29(12-14-30)10-8-17-4-6-18(7-5-17)28-23(31)3-1-2-9-27/h15-18H,1-8,10-14H2,(H,28,31). The molecular weight excluding hydrogens is 405 g/mol. The van der Waals surface area contributed by atoms with Gasteiger partial charge in [-0.3, -0.25) is 9.69 Å². The number of nitriles is 1. The highest BCUT2D eigenvalue weighted by Gasteiger charge is 2.25. The van der Waals surface area contributed by atoms with E-state index >= 15 is 0 Å². The van der Waals surface area contributed by atoms with Crippen molar-refractivity contribution >= 4 is 11.6 Å². The van der Waals surface area contributed by atoms with E-state index in [9.17, 15) is 18.0 Å². The van der Waals surface area contributed by atoms with E-state index in [4.69, 9.17) is 5.26 Å². The molecule has 1 amide bonds. The first kappa shape index (κ1) is 23.4. The Bertz CT molecular complexity index is 782. The van der Waals surface area contributed by atoms with Gasteiger partial charge in [0.2, 0.25) is 5.91 Å². The monoisotopic (exact) mass is 436 g/mol. The number of anilines is 1. The average molecular weight is 437 g/mol. The predicted octanol–water partition coefficient (Wildman–Crippen LogP) is 3.98. The van der Waals surface area contributed by atoms with Crippen LogP contribution in [0.4, 0.5) is 18.9 Å². The van der Waals surface area contributed by atoms with Crippen LogP contribution >= 0.6 is 0 Å². The molecule has 1 saturated carbocycles. The summed E-state index contributed by atoms with van der Waals surface area (Å²) in [4.78, 5) is 16.0. The van der Waals surface area contributed by atoms with Gasteiger partial charge in [0.25, 0.3) is 0 Å². The van der Waals surface area contributed by atoms with Gasteiger partial charge >= 0.3 is 0 Å². The summed E-state index contributed by atoms with van der Waals surface area (Å²) in [6.07, 6.45) is 6.76. The second-order valence-corrected chi connectivity index (χ2v) is 8.63. The summed E-state index contributed by atoms with van der Waals surface area (Å²) in [5, 5.41) is 11.6. The van der Waals surface area contributed by atoms with Crippen LogP contribution in [-0.4, -0.2) is 49.6 Å². The summed E-state index contributed by atoms with van der Waals surface area (Å²) >= 11 is 0. The number of carbonyl (C=O) groups is 1. The molecule has 0 radical (unpaired) electrons. The number of amides is 1. The molecule has 170 valence electrons. The van der Waals surface area contributed by atoms with Crippen LogP contribution in [0.3, 0.4) is 0 Å². The lowest BCUT2D eigenvalue weighted by Crippen LogP contribution is -2.47. The maximum atomic E-state index is 14.0. The van der Waals surface area contributed by atoms with Crippen LogP contribution in [0, 0.1) is 34.7 Å². The van der Waals surface area contributed by atoms with Crippen LogP contribution in [0.5, 0.6) is 0 Å². The molecule has 1 aliphatic heterocycles. The number of hydrogen-bond donors (Lipinski definition) is 1. The summed E-state index contributed by atoms with van der Waals surface area (Å²) < 4.78 is 40.6. The van der Waals surface area contributed by atoms with Crippen LogP contribution < -0.4 is 10.2 Å². The van der Waals surface area contributed by atoms with E-state index in [2.05, 4.69) is 16.3 Å². The van der Waals surface area contributed by atoms with Gasteiger partial charge in [-0.25, -0.2) is 13.2 Å². The first-order chi connectivity index (χ1) is 15.0. The Kier molecular flexibility index (Phi) is 8.59. The Balaban J connectivity index is 1.33. The minimum Gasteiger partial charge on any atom is -0.367 e. The Labute approximate surface area is 182 Å². The molecule has 31 heavy (non-hydrogen) atoms. The molecule has 0 atom stereocenters. The Hall–Kier alpha value is -2.27. The highest BCUT2D eigenvalue weighted by atomic mass is 19.2. The van der Waals surface area contributed by atoms with Gasteiger partial charge in [0.15, 0.2) is 11.6 Å². The molecule has 1 aromatic carbocycles. The van der Waals surface area contributed by atoms with Crippen LogP contribution in [-0.2, 0) is 4.79 Å². The zero-order valence-electron chi connectivity index (χ0n) is 17.9. The molecule has 1 aromatic rings. The average Bonchev–Trinajstić information content (AvgIpc) is 2.76. The lowest BCUT2D eigenvalue weighted by Gasteiger charge is -2.37. The zero-order chi connectivity index (χ0) is 22.2. The molecule has 3 rings (SSSR count). The Morgan fingerprint density at radius 3 is 2.39 bits per heavy atom. The van der Waals surface area contributed by atoms with E-state index in [1.807, 2.05) is 0 Å². The number of nitrogens with zero attached hydrogens (tertiary/aromatic N) is 3. The van der Waals surface area contributed by atoms with Gasteiger partial charge in [-0.2, -0.15) is 5.26 Å². The molecule has 0 aromatic heterocycles. The molecule has 0 spiro atoms. The minimum absolute atomic E-state index is 0.0500. The second-order valence-electron chi connectivity index (χ2n) is 8.63. The lowest BCUT2D eigenvalue weighted by molar-refractivity contribution is -0.122. The molecule has 1 heterocycles. The molecule has 2 aliphatic rings. The highest BCUT2D eigenvalue weighted by Crippen LogP contribution is 2.28. The highest BCUT2D eigenvalue weighted by molar-refractivity contribution is 5.76. The van der Waals surface area contributed by atoms with E-state index < -0.39 is 17.5 Å². The van der Waals surface area contributed by atoms with Crippen molar-refractivity contribution in [3.63, 3.8) is 0 Å². The van der Waals surface area contributed by atoms with Gasteiger partial charge in [-0.15, -0.1) is 0 Å². The van der Waals surface area contributed by atoms with Crippen molar-refractivity contribution in [3.05, 3.63) is 29.6 Å². The van der Waals surface area contributed by atoms with Crippen molar-refractivity contribution in [1.29, 1.82) is 5.26 Å². The number of hydrogen-bond acceptors (Lipinski definition) is 4. The maximum absolute atomic E-state index is 14.0. The van der Waals surface area contributed by atoms with Gasteiger partial charge < -0.3 is 10.2 Å². The molecular formula is C23H31F3N4O. The van der Waals surface area contributed by atoms with E-state index in [-0.39, 0.29) is 17.6 Å². The normalized spacial score (nSPS) is 22.2. The predicted molar refractivity (Wildman–Crippen MR) is 113 cm³/mol. The van der Waals surface area contributed by atoms with Gasteiger partial charge in [0.05, 0.1) is 11.8 Å². The zero-order valence-corrected chi connectivity index (χ0v) is 17.9. The molecule has 1 N–H and O–H groups in total. The number of carbonyl (C=O) groups excluding carboxylic acids is 1. The van der Waals surface area contributed by atoms with Crippen molar-refractivity contribution in [1.82, 2.24) is 10.2 Å². The van der Waals surface area contributed by atoms with Crippen LogP contribution in [0.2, 0.25) is 0 Å². The molecule has 2 fully saturated rings. The fraction of sp³-hybridized carbons (Fsp3) is 0.652. The number of nitrogens with one attached hydrogen (secondary N) is 1. The molecule has 1 aliphatic carbocycles. The maximum Gasteiger partial charge on any atom is 0.220 e. The van der Waals surface area contributed by atoms with Crippen molar-refractivity contribution in [3.8, 4) is 6.07 Å². The molecule has 0 bridgehead atoms. The fourth-order valence-electron chi connectivity index (χ4n) is 4.56. The Morgan fingerprint density at radius 1 is 1.03 bits per heavy atom. The van der Waals surface area contributed by atoms with Gasteiger partial charge in [-0.1, -0.05) is 0 Å². The van der Waals surface area contributed by atoms with E-state index in [0.717, 1.165) is 57.8 Å². The first-order valence-electron chi connectivity index (χ1n) is 11.2. The number of benzene rings is 1. The largest absolute Gasteiger partial charge is 0.367 e. The second kappa shape index (κ2) is 11.4. The van der Waals surface area contributed by atoms with Crippen LogP contribution in [0.1, 0.15) is 51.4 Å². The molecule has 5 nitrogen and oxygen atoms in total. The lowest BCUT2D eigenvalue weighted by atomic mass is 9.84. The third kappa shape index (κ3) is 6.86. The summed E-state index contributed by atoms with van der Waals surface area (Å²) in [5.74, 6) is -2.20. The van der Waals surface area contributed by atoms with E-state index in [0.29, 0.717) is 44.3 Å². The van der Waals surface area contributed by atoms with Gasteiger partial charge in [0.1, 0.15) is 5.82 Å². The molecule has 8 heteroatoms. The third-order valence-corrected chi connectivity index (χ3v) is 6.46. The van der Waals surface area contributed by atoms with Crippen molar-refractivity contribution in [2.75, 3.05) is 37.6 Å². The molecule has 1 saturated heterocycles. The van der Waals surface area contributed by atoms with Gasteiger partial charge in [0, 0.05) is 57.2 Å². The van der Waals surface area contributed by atoms with E-state index in [1.165, 1.54) is 0 Å². The van der Waals surface area contributed by atoms with Crippen molar-refractivity contribution in [2.45, 2.75) is 57.4 Å². The van der Waals surface area contributed by atoms with Crippen LogP contribution in [0.15, 0.2) is 12.1 Å². The first-order valence-corrected chi connectivity index (χ1v) is 11.2. The summed E-state index contributed by atoms with van der Waals surface area (Å²) in [6, 6.07) is 3.87. The minimum atomic E-state index is -1.16. The summed E-state index contributed by atoms with van der Waals surface area (Å²) in [6.45, 7) is 3.70. The van der Waals surface area contributed by atoms with E-state index in [1.54, 1.807) is 4.90 Å². The Morgan fingerprint density at radius 2 is 1.71 bits per heavy atom. The molecule has 0 unspecified atom stereocenters. The summed E-state index contributed by atoms with van der Waals surface area (Å²) in [5.41, 5.74) is 0.131. The number of unbranched alkanes of at least 4 members (excludes halogenated alkanes) is 1. The van der Waals surface area contributed by atoms with Gasteiger partial charge in [-0.05, 0) is 51.0 Å².